The van der Waals surface area contributed by atoms with Gasteiger partial charge in [0.1, 0.15) is 5.54 Å². The van der Waals surface area contributed by atoms with E-state index in [9.17, 15) is 9.90 Å². The molecule has 1 rings (SSSR count). The number of nitrogens with one attached hydrogen (secondary N) is 1. The zero-order valence-electron chi connectivity index (χ0n) is 12.7. The number of rotatable bonds is 10. The van der Waals surface area contributed by atoms with E-state index in [2.05, 4.69) is 12.2 Å². The Bertz CT molecular complexity index is 427. The van der Waals surface area contributed by atoms with Gasteiger partial charge < -0.3 is 10.2 Å². The number of hydrogen-bond acceptors (Lipinski definition) is 4. The van der Waals surface area contributed by atoms with Crippen LogP contribution < -0.4 is 5.32 Å². The predicted octanol–water partition coefficient (Wildman–Crippen LogP) is 2.47. The Morgan fingerprint density at radius 3 is 2.57 bits per heavy atom. The number of likely N-dealkylation sites (N-methyl/N-ethyl adjacent to an activating group) is 1. The van der Waals surface area contributed by atoms with Crippen molar-refractivity contribution < 1.29 is 15.0 Å². The van der Waals surface area contributed by atoms with Crippen LogP contribution in [0.4, 0.5) is 0 Å². The van der Waals surface area contributed by atoms with Crippen LogP contribution in [0.25, 0.3) is 0 Å². The molecule has 2 atom stereocenters. The summed E-state index contributed by atoms with van der Waals surface area (Å²) in [7, 11) is 0. The number of thioether (sulfide) groups is 1. The third-order valence-electron chi connectivity index (χ3n) is 3.53. The summed E-state index contributed by atoms with van der Waals surface area (Å²) in [6.45, 7) is 4.74. The van der Waals surface area contributed by atoms with Crippen LogP contribution in [0.1, 0.15) is 32.3 Å². The SMILES string of the molecule is CCNC(CCSC(C)CCO)(C(=O)O)c1ccccc1. The molecule has 0 spiro atoms. The van der Waals surface area contributed by atoms with Crippen LogP contribution >= 0.6 is 11.8 Å². The molecule has 2 unspecified atom stereocenters. The van der Waals surface area contributed by atoms with Crippen molar-refractivity contribution in [2.45, 2.75) is 37.5 Å². The second kappa shape index (κ2) is 9.07. The van der Waals surface area contributed by atoms with E-state index in [1.807, 2.05) is 37.3 Å². The third-order valence-corrected chi connectivity index (χ3v) is 4.77. The van der Waals surface area contributed by atoms with E-state index in [1.165, 1.54) is 0 Å². The van der Waals surface area contributed by atoms with Crippen molar-refractivity contribution in [3.8, 4) is 0 Å². The molecule has 0 radical (unpaired) electrons. The molecule has 1 aromatic carbocycles. The van der Waals surface area contributed by atoms with E-state index in [0.717, 1.165) is 17.7 Å². The van der Waals surface area contributed by atoms with Crippen LogP contribution in [0.3, 0.4) is 0 Å². The molecule has 0 bridgehead atoms. The Morgan fingerprint density at radius 1 is 1.38 bits per heavy atom. The van der Waals surface area contributed by atoms with Gasteiger partial charge in [0, 0.05) is 11.9 Å². The number of benzene rings is 1. The average molecular weight is 311 g/mol. The minimum atomic E-state index is -1.04. The zero-order chi connectivity index (χ0) is 15.7. The summed E-state index contributed by atoms with van der Waals surface area (Å²) in [4.78, 5) is 11.9. The third kappa shape index (κ3) is 5.02. The summed E-state index contributed by atoms with van der Waals surface area (Å²) >= 11 is 1.70. The molecule has 4 nitrogen and oxygen atoms in total. The Kier molecular flexibility index (Phi) is 7.78. The van der Waals surface area contributed by atoms with Crippen LogP contribution in [-0.4, -0.2) is 40.3 Å². The second-order valence-electron chi connectivity index (χ2n) is 5.05. The second-order valence-corrected chi connectivity index (χ2v) is 6.60. The fraction of sp³-hybridized carbons (Fsp3) is 0.562. The minimum absolute atomic E-state index is 0.171. The van der Waals surface area contributed by atoms with Crippen molar-refractivity contribution in [1.82, 2.24) is 5.32 Å². The fourth-order valence-corrected chi connectivity index (χ4v) is 3.44. The maximum Gasteiger partial charge on any atom is 0.328 e. The van der Waals surface area contributed by atoms with Gasteiger partial charge in [0.25, 0.3) is 0 Å². The lowest BCUT2D eigenvalue weighted by Crippen LogP contribution is -2.49. The first-order chi connectivity index (χ1) is 10.1. The first kappa shape index (κ1) is 18.0. The monoisotopic (exact) mass is 311 g/mol. The first-order valence-corrected chi connectivity index (χ1v) is 8.38. The number of hydrogen-bond donors (Lipinski definition) is 3. The number of aliphatic hydroxyl groups excluding tert-OH is 1. The summed E-state index contributed by atoms with van der Waals surface area (Å²) in [5.41, 5.74) is -0.253. The first-order valence-electron chi connectivity index (χ1n) is 7.33. The highest BCUT2D eigenvalue weighted by Crippen LogP contribution is 2.29. The van der Waals surface area contributed by atoms with Crippen molar-refractivity contribution in [3.63, 3.8) is 0 Å². The summed E-state index contributed by atoms with van der Waals surface area (Å²) in [5.74, 6) is -0.110. The number of carbonyl (C=O) groups is 1. The van der Waals surface area contributed by atoms with E-state index in [-0.39, 0.29) is 6.61 Å². The summed E-state index contributed by atoms with van der Waals surface area (Å²) < 4.78 is 0. The Balaban J connectivity index is 2.84. The lowest BCUT2D eigenvalue weighted by Gasteiger charge is -2.31. The molecule has 0 aliphatic rings. The molecule has 1 aromatic rings. The molecule has 5 heteroatoms. The van der Waals surface area contributed by atoms with E-state index in [0.29, 0.717) is 18.2 Å². The van der Waals surface area contributed by atoms with Gasteiger partial charge in [-0.2, -0.15) is 11.8 Å². The largest absolute Gasteiger partial charge is 0.480 e. The van der Waals surface area contributed by atoms with E-state index >= 15 is 0 Å². The molecular weight excluding hydrogens is 286 g/mol. The molecule has 0 fully saturated rings. The highest BCUT2D eigenvalue weighted by Gasteiger charge is 2.39. The van der Waals surface area contributed by atoms with Crippen LogP contribution in [-0.2, 0) is 10.3 Å². The van der Waals surface area contributed by atoms with Crippen molar-refractivity contribution in [2.24, 2.45) is 0 Å². The summed E-state index contributed by atoms with van der Waals surface area (Å²) in [5, 5.41) is 22.2. The van der Waals surface area contributed by atoms with E-state index in [4.69, 9.17) is 5.11 Å². The highest BCUT2D eigenvalue weighted by atomic mass is 32.2. The topological polar surface area (TPSA) is 69.6 Å². The number of aliphatic hydroxyl groups is 1. The van der Waals surface area contributed by atoms with E-state index < -0.39 is 11.5 Å². The molecule has 0 aliphatic carbocycles. The van der Waals surface area contributed by atoms with Crippen molar-refractivity contribution in [1.29, 1.82) is 0 Å². The van der Waals surface area contributed by atoms with Crippen LogP contribution in [0.5, 0.6) is 0 Å². The molecule has 0 saturated heterocycles. The molecule has 0 aromatic heterocycles. The van der Waals surface area contributed by atoms with Crippen LogP contribution in [0.2, 0.25) is 0 Å². The molecule has 3 N–H and O–H groups in total. The number of carboxylic acids is 1. The van der Waals surface area contributed by atoms with Gasteiger partial charge in [-0.05, 0) is 30.7 Å². The zero-order valence-corrected chi connectivity index (χ0v) is 13.5. The Labute approximate surface area is 131 Å². The molecule has 0 amide bonds. The van der Waals surface area contributed by atoms with Gasteiger partial charge in [0.2, 0.25) is 0 Å². The van der Waals surface area contributed by atoms with Gasteiger partial charge in [0.15, 0.2) is 0 Å². The van der Waals surface area contributed by atoms with Gasteiger partial charge in [-0.15, -0.1) is 0 Å². The summed E-state index contributed by atoms with van der Waals surface area (Å²) in [6, 6.07) is 9.34. The van der Waals surface area contributed by atoms with Crippen LogP contribution in [0.15, 0.2) is 30.3 Å². The summed E-state index contributed by atoms with van der Waals surface area (Å²) in [6.07, 6.45) is 1.25. The molecular formula is C16H25NO3S. The van der Waals surface area contributed by atoms with Gasteiger partial charge >= 0.3 is 5.97 Å². The maximum atomic E-state index is 11.9. The average Bonchev–Trinajstić information content (AvgIpc) is 2.47. The maximum absolute atomic E-state index is 11.9. The van der Waals surface area contributed by atoms with E-state index in [1.54, 1.807) is 11.8 Å². The predicted molar refractivity (Wildman–Crippen MR) is 87.7 cm³/mol. The van der Waals surface area contributed by atoms with Crippen LogP contribution in [0, 0.1) is 0 Å². The lowest BCUT2D eigenvalue weighted by atomic mass is 9.87. The Morgan fingerprint density at radius 2 is 2.05 bits per heavy atom. The van der Waals surface area contributed by atoms with Gasteiger partial charge in [0.05, 0.1) is 0 Å². The number of carboxylic acid groups (broad SMARTS) is 1. The molecule has 118 valence electrons. The molecule has 0 saturated carbocycles. The van der Waals surface area contributed by atoms with Crippen molar-refractivity contribution in [3.05, 3.63) is 35.9 Å². The number of aliphatic carboxylic acids is 1. The van der Waals surface area contributed by atoms with Gasteiger partial charge in [-0.25, -0.2) is 4.79 Å². The fourth-order valence-electron chi connectivity index (χ4n) is 2.34. The minimum Gasteiger partial charge on any atom is -0.480 e. The van der Waals surface area contributed by atoms with Gasteiger partial charge in [-0.3, -0.25) is 5.32 Å². The molecule has 0 heterocycles. The standard InChI is InChI=1S/C16H25NO3S/c1-3-17-16(15(19)20,14-7-5-4-6-8-14)10-12-21-13(2)9-11-18/h4-8,13,17-18H,3,9-12H2,1-2H3,(H,19,20). The normalized spacial score (nSPS) is 15.4. The quantitative estimate of drug-likeness (QED) is 0.619. The highest BCUT2D eigenvalue weighted by molar-refractivity contribution is 7.99. The molecule has 0 aliphatic heterocycles. The Hall–Kier alpha value is -1.04. The van der Waals surface area contributed by atoms with Gasteiger partial charge in [-0.1, -0.05) is 44.2 Å². The van der Waals surface area contributed by atoms with Crippen molar-refractivity contribution in [2.75, 3.05) is 18.9 Å². The molecule has 21 heavy (non-hydrogen) atoms. The lowest BCUT2D eigenvalue weighted by molar-refractivity contribution is -0.145. The smallest absolute Gasteiger partial charge is 0.328 e. The van der Waals surface area contributed by atoms with Crippen molar-refractivity contribution >= 4 is 17.7 Å².